The van der Waals surface area contributed by atoms with Crippen LogP contribution in [0, 0.1) is 13.8 Å². The molecule has 2 aromatic rings. The first kappa shape index (κ1) is 13.8. The Morgan fingerprint density at radius 1 is 1.37 bits per heavy atom. The van der Waals surface area contributed by atoms with Gasteiger partial charge in [-0.3, -0.25) is 10.1 Å². The van der Waals surface area contributed by atoms with E-state index in [9.17, 15) is 4.79 Å². The monoisotopic (exact) mass is 278 g/mol. The van der Waals surface area contributed by atoms with Crippen LogP contribution in [0.1, 0.15) is 48.3 Å². The van der Waals surface area contributed by atoms with Crippen LogP contribution in [0.2, 0.25) is 0 Å². The van der Waals surface area contributed by atoms with Crippen molar-refractivity contribution in [3.05, 3.63) is 34.2 Å². The number of nitrogens with one attached hydrogen (secondary N) is 1. The minimum Gasteiger partial charge on any atom is -0.466 e. The number of carbonyl (C=O) groups excluding carboxylic acids is 1. The van der Waals surface area contributed by atoms with Gasteiger partial charge in [0, 0.05) is 10.8 Å². The maximum absolute atomic E-state index is 12.1. The molecule has 5 heteroatoms. The third kappa shape index (κ3) is 3.04. The Morgan fingerprint density at radius 2 is 2.05 bits per heavy atom. The van der Waals surface area contributed by atoms with E-state index >= 15 is 0 Å². The van der Waals surface area contributed by atoms with Crippen molar-refractivity contribution < 1.29 is 9.21 Å². The zero-order chi connectivity index (χ0) is 14.2. The predicted octanol–water partition coefficient (Wildman–Crippen LogP) is 3.90. The molecule has 0 aliphatic heterocycles. The second-order valence-electron chi connectivity index (χ2n) is 5.57. The smallest absolute Gasteiger partial charge is 0.260 e. The summed E-state index contributed by atoms with van der Waals surface area (Å²) in [4.78, 5) is 16.5. The SMILES string of the molecule is Cc1cc(C(=O)Nc2nc(C(C)(C)C)cs2)c(C)o1. The number of nitrogens with zero attached hydrogens (tertiary/aromatic N) is 1. The van der Waals surface area contributed by atoms with Crippen molar-refractivity contribution in [2.75, 3.05) is 5.32 Å². The van der Waals surface area contributed by atoms with Gasteiger partial charge < -0.3 is 4.42 Å². The zero-order valence-electron chi connectivity index (χ0n) is 11.8. The molecule has 0 saturated carbocycles. The molecule has 2 rings (SSSR count). The molecule has 0 aliphatic rings. The molecule has 2 heterocycles. The summed E-state index contributed by atoms with van der Waals surface area (Å²) in [5.74, 6) is 1.18. The Hall–Kier alpha value is -1.62. The predicted molar refractivity (Wildman–Crippen MR) is 76.9 cm³/mol. The molecule has 2 aromatic heterocycles. The van der Waals surface area contributed by atoms with Gasteiger partial charge in [-0.15, -0.1) is 11.3 Å². The van der Waals surface area contributed by atoms with Crippen LogP contribution in [0.15, 0.2) is 15.9 Å². The van der Waals surface area contributed by atoms with Crippen LogP contribution >= 0.6 is 11.3 Å². The lowest BCUT2D eigenvalue weighted by atomic mass is 9.93. The average Bonchev–Trinajstić information content (AvgIpc) is 2.84. The molecule has 1 amide bonds. The van der Waals surface area contributed by atoms with E-state index in [2.05, 4.69) is 31.1 Å². The third-order valence-corrected chi connectivity index (χ3v) is 3.54. The van der Waals surface area contributed by atoms with Crippen molar-refractivity contribution in [1.29, 1.82) is 0 Å². The van der Waals surface area contributed by atoms with Crippen molar-refractivity contribution in [2.45, 2.75) is 40.0 Å². The van der Waals surface area contributed by atoms with Gasteiger partial charge in [-0.25, -0.2) is 4.98 Å². The van der Waals surface area contributed by atoms with E-state index in [1.807, 2.05) is 12.3 Å². The molecule has 4 nitrogen and oxygen atoms in total. The number of thiazole rings is 1. The van der Waals surface area contributed by atoms with Gasteiger partial charge in [-0.2, -0.15) is 0 Å². The van der Waals surface area contributed by atoms with Gasteiger partial charge in [0.2, 0.25) is 0 Å². The summed E-state index contributed by atoms with van der Waals surface area (Å²) in [5.41, 5.74) is 1.53. The standard InChI is InChI=1S/C14H18N2O2S/c1-8-6-10(9(2)18-8)12(17)16-13-15-11(7-19-13)14(3,4)5/h6-7H,1-5H3,(H,15,16,17). The van der Waals surface area contributed by atoms with Crippen molar-refractivity contribution in [1.82, 2.24) is 4.98 Å². The van der Waals surface area contributed by atoms with Gasteiger partial charge in [0.25, 0.3) is 5.91 Å². The molecule has 0 unspecified atom stereocenters. The van der Waals surface area contributed by atoms with Gasteiger partial charge >= 0.3 is 0 Å². The number of hydrogen-bond donors (Lipinski definition) is 1. The molecule has 19 heavy (non-hydrogen) atoms. The van der Waals surface area contributed by atoms with Gasteiger partial charge in [-0.05, 0) is 19.9 Å². The second kappa shape index (κ2) is 4.81. The van der Waals surface area contributed by atoms with Gasteiger partial charge in [0.1, 0.15) is 11.5 Å². The Balaban J connectivity index is 2.16. The fourth-order valence-corrected chi connectivity index (χ4v) is 2.63. The van der Waals surface area contributed by atoms with Crippen molar-refractivity contribution in [2.24, 2.45) is 0 Å². The molecule has 0 radical (unpaired) electrons. The Labute approximate surface area is 116 Å². The quantitative estimate of drug-likeness (QED) is 0.906. The van der Waals surface area contributed by atoms with Crippen LogP contribution in [-0.4, -0.2) is 10.9 Å². The summed E-state index contributed by atoms with van der Waals surface area (Å²) in [6.07, 6.45) is 0. The Bertz CT molecular complexity index is 605. The first-order valence-corrected chi connectivity index (χ1v) is 7.00. The van der Waals surface area contributed by atoms with Crippen LogP contribution in [0.4, 0.5) is 5.13 Å². The van der Waals surface area contributed by atoms with E-state index < -0.39 is 0 Å². The largest absolute Gasteiger partial charge is 0.466 e. The number of furan rings is 1. The summed E-state index contributed by atoms with van der Waals surface area (Å²) in [6, 6.07) is 1.74. The van der Waals surface area contributed by atoms with Crippen LogP contribution in [0.25, 0.3) is 0 Å². The number of hydrogen-bond acceptors (Lipinski definition) is 4. The summed E-state index contributed by atoms with van der Waals surface area (Å²) in [6.45, 7) is 9.89. The zero-order valence-corrected chi connectivity index (χ0v) is 12.6. The lowest BCUT2D eigenvalue weighted by Crippen LogP contribution is -2.14. The number of carbonyl (C=O) groups is 1. The van der Waals surface area contributed by atoms with E-state index in [0.29, 0.717) is 16.5 Å². The molecule has 0 fully saturated rings. The van der Waals surface area contributed by atoms with Crippen LogP contribution < -0.4 is 5.32 Å². The van der Waals surface area contributed by atoms with Gasteiger partial charge in [0.05, 0.1) is 11.3 Å². The summed E-state index contributed by atoms with van der Waals surface area (Å²) in [7, 11) is 0. The Kier molecular flexibility index (Phi) is 3.49. The lowest BCUT2D eigenvalue weighted by molar-refractivity contribution is 0.102. The van der Waals surface area contributed by atoms with E-state index in [-0.39, 0.29) is 11.3 Å². The summed E-state index contributed by atoms with van der Waals surface area (Å²) in [5, 5.41) is 5.41. The molecule has 0 saturated heterocycles. The maximum Gasteiger partial charge on any atom is 0.260 e. The van der Waals surface area contributed by atoms with E-state index in [1.54, 1.807) is 13.0 Å². The van der Waals surface area contributed by atoms with Crippen LogP contribution in [-0.2, 0) is 5.41 Å². The number of rotatable bonds is 2. The first-order valence-electron chi connectivity index (χ1n) is 6.12. The molecule has 1 N–H and O–H groups in total. The maximum atomic E-state index is 12.1. The molecular formula is C14H18N2O2S. The molecule has 102 valence electrons. The van der Waals surface area contributed by atoms with Crippen molar-refractivity contribution >= 4 is 22.4 Å². The molecule has 0 aromatic carbocycles. The highest BCUT2D eigenvalue weighted by molar-refractivity contribution is 7.14. The molecule has 0 spiro atoms. The lowest BCUT2D eigenvalue weighted by Gasteiger charge is -2.14. The molecular weight excluding hydrogens is 260 g/mol. The molecule has 0 bridgehead atoms. The second-order valence-corrected chi connectivity index (χ2v) is 6.43. The summed E-state index contributed by atoms with van der Waals surface area (Å²) >= 11 is 1.44. The minimum atomic E-state index is -0.177. The van der Waals surface area contributed by atoms with E-state index in [1.165, 1.54) is 11.3 Å². The minimum absolute atomic E-state index is 0.0123. The number of aryl methyl sites for hydroxylation is 2. The normalized spacial score (nSPS) is 11.6. The van der Waals surface area contributed by atoms with E-state index in [4.69, 9.17) is 4.42 Å². The highest BCUT2D eigenvalue weighted by Gasteiger charge is 2.19. The highest BCUT2D eigenvalue weighted by Crippen LogP contribution is 2.27. The molecule has 0 aliphatic carbocycles. The average molecular weight is 278 g/mol. The number of aromatic nitrogens is 1. The van der Waals surface area contributed by atoms with Gasteiger partial charge in [0.15, 0.2) is 5.13 Å². The first-order chi connectivity index (χ1) is 8.77. The van der Waals surface area contributed by atoms with Crippen molar-refractivity contribution in [3.8, 4) is 0 Å². The van der Waals surface area contributed by atoms with Crippen LogP contribution in [0.5, 0.6) is 0 Å². The summed E-state index contributed by atoms with van der Waals surface area (Å²) < 4.78 is 5.35. The van der Waals surface area contributed by atoms with Gasteiger partial charge in [-0.1, -0.05) is 20.8 Å². The highest BCUT2D eigenvalue weighted by atomic mass is 32.1. The van der Waals surface area contributed by atoms with Crippen LogP contribution in [0.3, 0.4) is 0 Å². The molecule has 0 atom stereocenters. The number of anilines is 1. The fraction of sp³-hybridized carbons (Fsp3) is 0.429. The Morgan fingerprint density at radius 3 is 2.53 bits per heavy atom. The fourth-order valence-electron chi connectivity index (χ4n) is 1.70. The topological polar surface area (TPSA) is 55.1 Å². The van der Waals surface area contributed by atoms with Crippen molar-refractivity contribution in [3.63, 3.8) is 0 Å². The van der Waals surface area contributed by atoms with E-state index in [0.717, 1.165) is 11.5 Å². The third-order valence-electron chi connectivity index (χ3n) is 2.78. The number of amides is 1.